The number of anilines is 3. The number of pyridine rings is 1. The Hall–Kier alpha value is -5.20. The van der Waals surface area contributed by atoms with Crippen molar-refractivity contribution in [2.24, 2.45) is 0 Å². The number of nitrogens with one attached hydrogen (secondary N) is 1. The lowest BCUT2D eigenvalue weighted by Gasteiger charge is -2.51. The van der Waals surface area contributed by atoms with Crippen LogP contribution in [0.2, 0.25) is 0 Å². The minimum Gasteiger partial charge on any atom is -0.457 e. The zero-order valence-electron chi connectivity index (χ0n) is 22.1. The molecule has 3 saturated heterocycles. The number of piperidine rings is 2. The number of benzene rings is 1. The summed E-state index contributed by atoms with van der Waals surface area (Å²) in [4.78, 5) is 38.4. The number of nitrogens with zero attached hydrogens (tertiary/aromatic N) is 9. The van der Waals surface area contributed by atoms with E-state index in [4.69, 9.17) is 9.72 Å². The Bertz CT molecular complexity index is 1830. The van der Waals surface area contributed by atoms with Crippen LogP contribution in [-0.4, -0.2) is 70.5 Å². The molecule has 0 unspecified atom stereocenters. The summed E-state index contributed by atoms with van der Waals surface area (Å²) < 4.78 is 23.1. The molecule has 1 amide bonds. The van der Waals surface area contributed by atoms with Gasteiger partial charge in [0.1, 0.15) is 35.2 Å². The number of fused-ring (bicyclic) bond motifs is 5. The number of piperazine rings is 1. The van der Waals surface area contributed by atoms with E-state index in [0.717, 1.165) is 12.8 Å². The molecule has 13 heteroatoms. The molecule has 1 aromatic carbocycles. The van der Waals surface area contributed by atoms with E-state index in [1.54, 1.807) is 48.1 Å². The second kappa shape index (κ2) is 9.77. The quantitative estimate of drug-likeness (QED) is 0.311. The van der Waals surface area contributed by atoms with Gasteiger partial charge < -0.3 is 19.9 Å². The maximum atomic E-state index is 15.6. The van der Waals surface area contributed by atoms with E-state index in [2.05, 4.69) is 41.8 Å². The minimum absolute atomic E-state index is 0.0520. The highest BCUT2D eigenvalue weighted by atomic mass is 19.1. The number of hydrogen-bond donors (Lipinski definition) is 1. The molecule has 0 aliphatic carbocycles. The number of halogens is 1. The van der Waals surface area contributed by atoms with Crippen molar-refractivity contribution in [1.82, 2.24) is 39.4 Å². The van der Waals surface area contributed by atoms with Crippen LogP contribution in [0.25, 0.3) is 16.7 Å². The Balaban J connectivity index is 1.15. The van der Waals surface area contributed by atoms with Crippen molar-refractivity contribution >= 4 is 40.0 Å². The fourth-order valence-electron chi connectivity index (χ4n) is 5.52. The summed E-state index contributed by atoms with van der Waals surface area (Å²) in [6.45, 7) is 6.50. The standard InChI is InChI=1S/C28H25FN10O2/c1-3-24(40)37-12-18-5-4-17(37)13-38(18)28-30-11-21-26(36-28)27(33-14-31-21)35-20-6-7-22(16(2)25(20)29)41-19-8-9-39-23(10-19)32-15-34-39/h3,6-11,14-15,17-18H,1,4-5,12-13H2,2H3,(H,31,33,35)/t17-,18-/m1/s1. The molecule has 0 saturated carbocycles. The largest absolute Gasteiger partial charge is 0.457 e. The first-order valence-electron chi connectivity index (χ1n) is 13.2. The first kappa shape index (κ1) is 24.8. The SMILES string of the molecule is C=CC(=O)N1C[C@H]2CC[C@@H]1CN2c1ncc2ncnc(Nc3ccc(Oc4ccn5ncnc5c4)c(C)c3F)c2n1. The molecule has 3 aliphatic rings. The third-order valence-electron chi connectivity index (χ3n) is 7.68. The molecule has 4 aromatic heterocycles. The molecule has 41 heavy (non-hydrogen) atoms. The van der Waals surface area contributed by atoms with Crippen LogP contribution in [0, 0.1) is 12.7 Å². The Morgan fingerprint density at radius 1 is 1.12 bits per heavy atom. The van der Waals surface area contributed by atoms with Crippen molar-refractivity contribution < 1.29 is 13.9 Å². The Morgan fingerprint density at radius 3 is 2.83 bits per heavy atom. The van der Waals surface area contributed by atoms with Gasteiger partial charge in [-0.05, 0) is 44.0 Å². The van der Waals surface area contributed by atoms with E-state index < -0.39 is 5.82 Å². The molecule has 8 rings (SSSR count). The van der Waals surface area contributed by atoms with Crippen LogP contribution in [0.5, 0.6) is 11.5 Å². The summed E-state index contributed by atoms with van der Waals surface area (Å²) in [6, 6.07) is 6.92. The summed E-state index contributed by atoms with van der Waals surface area (Å²) >= 11 is 0. The predicted molar refractivity (Wildman–Crippen MR) is 149 cm³/mol. The molecule has 7 heterocycles. The fourth-order valence-corrected chi connectivity index (χ4v) is 5.52. The lowest BCUT2D eigenvalue weighted by Crippen LogP contribution is -2.64. The second-order valence-electron chi connectivity index (χ2n) is 10.1. The van der Waals surface area contributed by atoms with Crippen molar-refractivity contribution in [3.8, 4) is 11.5 Å². The van der Waals surface area contributed by atoms with Crippen LogP contribution in [-0.2, 0) is 4.79 Å². The number of amides is 1. The lowest BCUT2D eigenvalue weighted by molar-refractivity contribution is -0.131. The van der Waals surface area contributed by atoms with Gasteiger partial charge in [0, 0.05) is 43.0 Å². The van der Waals surface area contributed by atoms with Gasteiger partial charge in [0.05, 0.1) is 11.9 Å². The van der Waals surface area contributed by atoms with Gasteiger partial charge in [0.25, 0.3) is 0 Å². The topological polar surface area (TPSA) is 127 Å². The van der Waals surface area contributed by atoms with Crippen molar-refractivity contribution in [2.45, 2.75) is 31.8 Å². The van der Waals surface area contributed by atoms with Crippen LogP contribution in [0.1, 0.15) is 18.4 Å². The molecule has 0 spiro atoms. The van der Waals surface area contributed by atoms with Gasteiger partial charge in [-0.15, -0.1) is 0 Å². The third-order valence-corrected chi connectivity index (χ3v) is 7.68. The van der Waals surface area contributed by atoms with Crippen LogP contribution in [0.4, 0.5) is 21.8 Å². The van der Waals surface area contributed by atoms with Gasteiger partial charge in [-0.1, -0.05) is 6.58 Å². The number of carbonyl (C=O) groups excluding carboxylic acids is 1. The maximum Gasteiger partial charge on any atom is 0.246 e. The molecule has 3 fully saturated rings. The van der Waals surface area contributed by atoms with E-state index in [1.165, 1.54) is 18.7 Å². The third kappa shape index (κ3) is 4.35. The van der Waals surface area contributed by atoms with Crippen molar-refractivity contribution in [1.29, 1.82) is 0 Å². The normalized spacial score (nSPS) is 18.2. The molecule has 206 valence electrons. The summed E-state index contributed by atoms with van der Waals surface area (Å²) in [5.74, 6) is 1.24. The van der Waals surface area contributed by atoms with E-state index in [9.17, 15) is 4.79 Å². The fraction of sp³-hybridized carbons (Fsp3) is 0.250. The number of aromatic nitrogens is 7. The average Bonchev–Trinajstić information content (AvgIpc) is 3.48. The van der Waals surface area contributed by atoms with Crippen LogP contribution in [0.3, 0.4) is 0 Å². The highest BCUT2D eigenvalue weighted by Gasteiger charge is 2.41. The smallest absolute Gasteiger partial charge is 0.246 e. The Morgan fingerprint density at radius 2 is 2.00 bits per heavy atom. The number of ether oxygens (including phenoxy) is 1. The molecular formula is C28H25FN10O2. The number of carbonyl (C=O) groups is 1. The van der Waals surface area contributed by atoms with E-state index >= 15 is 4.39 Å². The van der Waals surface area contributed by atoms with Gasteiger partial charge in [-0.25, -0.2) is 33.8 Å². The summed E-state index contributed by atoms with van der Waals surface area (Å²) in [6.07, 6.45) is 9.44. The highest BCUT2D eigenvalue weighted by molar-refractivity contribution is 5.88. The molecule has 12 nitrogen and oxygen atoms in total. The van der Waals surface area contributed by atoms with Crippen LogP contribution < -0.4 is 15.0 Å². The predicted octanol–water partition coefficient (Wildman–Crippen LogP) is 3.81. The zero-order valence-corrected chi connectivity index (χ0v) is 22.1. The van der Waals surface area contributed by atoms with Gasteiger partial charge in [-0.3, -0.25) is 4.79 Å². The first-order chi connectivity index (χ1) is 20.0. The maximum absolute atomic E-state index is 15.6. The monoisotopic (exact) mass is 552 g/mol. The lowest BCUT2D eigenvalue weighted by atomic mass is 9.91. The number of hydrogen-bond acceptors (Lipinski definition) is 10. The molecule has 5 aromatic rings. The van der Waals surface area contributed by atoms with Gasteiger partial charge in [-0.2, -0.15) is 5.10 Å². The summed E-state index contributed by atoms with van der Waals surface area (Å²) in [5, 5.41) is 7.15. The van der Waals surface area contributed by atoms with Crippen molar-refractivity contribution in [2.75, 3.05) is 23.3 Å². The van der Waals surface area contributed by atoms with Gasteiger partial charge >= 0.3 is 0 Å². The number of rotatable bonds is 6. The molecule has 0 radical (unpaired) electrons. The molecule has 2 bridgehead atoms. The van der Waals surface area contributed by atoms with Gasteiger partial charge in [0.15, 0.2) is 17.3 Å². The first-order valence-corrected chi connectivity index (χ1v) is 13.2. The van der Waals surface area contributed by atoms with E-state index in [0.29, 0.717) is 58.6 Å². The summed E-state index contributed by atoms with van der Waals surface area (Å²) in [7, 11) is 0. The van der Waals surface area contributed by atoms with Crippen molar-refractivity contribution in [3.05, 3.63) is 73.3 Å². The van der Waals surface area contributed by atoms with Gasteiger partial charge in [0.2, 0.25) is 11.9 Å². The molecule has 1 N–H and O–H groups in total. The molecule has 2 atom stereocenters. The highest BCUT2D eigenvalue weighted by Crippen LogP contribution is 2.34. The van der Waals surface area contributed by atoms with E-state index in [1.807, 2.05) is 4.90 Å². The zero-order chi connectivity index (χ0) is 28.1. The van der Waals surface area contributed by atoms with Crippen molar-refractivity contribution in [3.63, 3.8) is 0 Å². The molecule has 3 aliphatic heterocycles. The van der Waals surface area contributed by atoms with Crippen LogP contribution >= 0.6 is 0 Å². The average molecular weight is 553 g/mol. The second-order valence-corrected chi connectivity index (χ2v) is 10.1. The Labute approximate surface area is 233 Å². The van der Waals surface area contributed by atoms with E-state index in [-0.39, 0.29) is 23.7 Å². The van der Waals surface area contributed by atoms with Crippen LogP contribution in [0.15, 0.2) is 62.0 Å². The Kier molecular flexibility index (Phi) is 5.91. The minimum atomic E-state index is -0.479. The molecular weight excluding hydrogens is 527 g/mol. The summed E-state index contributed by atoms with van der Waals surface area (Å²) in [5.41, 5.74) is 2.16.